The Hall–Kier alpha value is -3.05. The largest absolute Gasteiger partial charge is 0.508 e. The van der Waals surface area contributed by atoms with Gasteiger partial charge in [0.1, 0.15) is 71.3 Å². The molecule has 3 heterocycles. The number of benzene rings is 2. The zero-order chi connectivity index (χ0) is 28.9. The molecule has 2 saturated heterocycles. The highest BCUT2D eigenvalue weighted by molar-refractivity contribution is 6.02. The number of aliphatic hydroxyl groups excluding tert-OH is 7. The van der Waals surface area contributed by atoms with E-state index in [2.05, 4.69) is 0 Å². The van der Waals surface area contributed by atoms with Crippen molar-refractivity contribution in [2.45, 2.75) is 67.1 Å². The number of ketones is 1. The van der Waals surface area contributed by atoms with Crippen molar-refractivity contribution >= 4 is 5.78 Å². The number of ether oxygens (including phenoxy) is 4. The van der Waals surface area contributed by atoms with E-state index in [9.17, 15) is 50.8 Å². The van der Waals surface area contributed by atoms with Gasteiger partial charge in [0.05, 0.1) is 19.6 Å². The van der Waals surface area contributed by atoms with Gasteiger partial charge >= 0.3 is 0 Å². The normalized spacial score (nSPS) is 37.9. The van der Waals surface area contributed by atoms with Crippen LogP contribution in [0, 0.1) is 0 Å². The maximum atomic E-state index is 12.7. The molecule has 14 heteroatoms. The lowest BCUT2D eigenvalue weighted by Crippen LogP contribution is -2.76. The highest BCUT2D eigenvalue weighted by Gasteiger charge is 2.64. The molecule has 3 aliphatic heterocycles. The first-order valence-corrected chi connectivity index (χ1v) is 12.5. The van der Waals surface area contributed by atoms with E-state index >= 15 is 0 Å². The molecule has 10 atom stereocenters. The van der Waals surface area contributed by atoms with Crippen molar-refractivity contribution in [1.29, 1.82) is 0 Å². The van der Waals surface area contributed by atoms with Crippen molar-refractivity contribution < 1.29 is 69.7 Å². The van der Waals surface area contributed by atoms with Gasteiger partial charge in [0.15, 0.2) is 18.0 Å². The summed E-state index contributed by atoms with van der Waals surface area (Å²) in [6.45, 7) is -1.31. The van der Waals surface area contributed by atoms with Gasteiger partial charge in [0.25, 0.3) is 5.79 Å². The fourth-order valence-electron chi connectivity index (χ4n) is 5.25. The molecule has 0 radical (unpaired) electrons. The van der Waals surface area contributed by atoms with Gasteiger partial charge in [-0.3, -0.25) is 4.79 Å². The monoisotopic (exact) mass is 566 g/mol. The Morgan fingerprint density at radius 2 is 1.62 bits per heavy atom. The molecule has 9 N–H and O–H groups in total. The summed E-state index contributed by atoms with van der Waals surface area (Å²) in [6, 6.07) is 8.05. The average molecular weight is 567 g/mol. The number of phenolic OH excluding ortho intramolecular Hbond substituents is 2. The summed E-state index contributed by atoms with van der Waals surface area (Å²) < 4.78 is 23.0. The smallest absolute Gasteiger partial charge is 0.268 e. The number of carbonyl (C=O) groups is 1. The van der Waals surface area contributed by atoms with Gasteiger partial charge in [-0.1, -0.05) is 12.1 Å². The molecule has 0 bridgehead atoms. The standard InChI is InChI=1S/C26H30O14/c27-8-18-21(33)22(34)24(36)26(40-18,25-23(35)20(32)15(31)9-37-25)39-12-3-1-10(2-4-12)16-7-14(30)19-13(29)5-11(28)6-17(19)38-16/h1-6,15-16,18,20-25,27-29,31-36H,7-9H2/t15-,16-,18-,20-,21-,22-,23-,24-,25-,26+/m0/s1. The molecule has 40 heavy (non-hydrogen) atoms. The van der Waals surface area contributed by atoms with Crippen LogP contribution in [0.1, 0.15) is 28.4 Å². The molecular formula is C26H30O14. The fraction of sp³-hybridized carbons (Fsp3) is 0.500. The van der Waals surface area contributed by atoms with Crippen molar-refractivity contribution in [3.8, 4) is 23.0 Å². The number of aromatic hydroxyl groups is 2. The molecule has 0 spiro atoms. The van der Waals surface area contributed by atoms with E-state index in [1.54, 1.807) is 0 Å². The van der Waals surface area contributed by atoms with Crippen LogP contribution < -0.4 is 9.47 Å². The second kappa shape index (κ2) is 10.7. The topological polar surface area (TPSA) is 236 Å². The first-order valence-electron chi connectivity index (χ1n) is 12.5. The van der Waals surface area contributed by atoms with Crippen molar-refractivity contribution in [1.82, 2.24) is 0 Å². The number of hydrogen-bond donors (Lipinski definition) is 9. The number of Topliss-reactive ketones (excluding diaryl/α,β-unsaturated/α-hetero) is 1. The molecule has 3 aliphatic rings. The Morgan fingerprint density at radius 3 is 2.30 bits per heavy atom. The van der Waals surface area contributed by atoms with Gasteiger partial charge < -0.3 is 64.9 Å². The molecule has 218 valence electrons. The lowest BCUT2D eigenvalue weighted by Gasteiger charge is -2.53. The molecule has 2 fully saturated rings. The lowest BCUT2D eigenvalue weighted by molar-refractivity contribution is -0.388. The maximum Gasteiger partial charge on any atom is 0.268 e. The number of phenols is 2. The molecule has 2 aromatic carbocycles. The van der Waals surface area contributed by atoms with Crippen LogP contribution in [0.5, 0.6) is 23.0 Å². The Balaban J connectivity index is 1.44. The fourth-order valence-corrected chi connectivity index (χ4v) is 5.25. The predicted octanol–water partition coefficient (Wildman–Crippen LogP) is -2.17. The van der Waals surface area contributed by atoms with Crippen molar-refractivity contribution in [3.63, 3.8) is 0 Å². The van der Waals surface area contributed by atoms with E-state index in [1.165, 1.54) is 30.3 Å². The van der Waals surface area contributed by atoms with Gasteiger partial charge in [0, 0.05) is 12.1 Å². The van der Waals surface area contributed by atoms with E-state index in [0.717, 1.165) is 6.07 Å². The van der Waals surface area contributed by atoms with Crippen LogP contribution in [0.4, 0.5) is 0 Å². The third kappa shape index (κ3) is 4.76. The van der Waals surface area contributed by atoms with E-state index in [0.29, 0.717) is 5.56 Å². The lowest BCUT2D eigenvalue weighted by atomic mass is 9.84. The van der Waals surface area contributed by atoms with Crippen LogP contribution in [0.15, 0.2) is 36.4 Å². The van der Waals surface area contributed by atoms with Crippen LogP contribution in [0.2, 0.25) is 0 Å². The first-order chi connectivity index (χ1) is 19.0. The summed E-state index contributed by atoms with van der Waals surface area (Å²) in [7, 11) is 0. The van der Waals surface area contributed by atoms with Crippen LogP contribution in [-0.4, -0.2) is 120 Å². The summed E-state index contributed by atoms with van der Waals surface area (Å²) in [6.07, 6.45) is -14.9. The Morgan fingerprint density at radius 1 is 0.925 bits per heavy atom. The minimum atomic E-state index is -2.47. The molecule has 2 aromatic rings. The van der Waals surface area contributed by atoms with Crippen LogP contribution in [-0.2, 0) is 9.47 Å². The second-order valence-electron chi connectivity index (χ2n) is 10.0. The van der Waals surface area contributed by atoms with E-state index in [1.807, 2.05) is 0 Å². The summed E-state index contributed by atoms with van der Waals surface area (Å²) in [5, 5.41) is 92.2. The number of aliphatic hydroxyl groups is 7. The van der Waals surface area contributed by atoms with Gasteiger partial charge in [0.2, 0.25) is 0 Å². The van der Waals surface area contributed by atoms with Gasteiger partial charge in [-0.15, -0.1) is 0 Å². The minimum absolute atomic E-state index is 0.00327. The Kier molecular flexibility index (Phi) is 7.64. The third-order valence-corrected chi connectivity index (χ3v) is 7.39. The third-order valence-electron chi connectivity index (χ3n) is 7.39. The van der Waals surface area contributed by atoms with Crippen LogP contribution in [0.3, 0.4) is 0 Å². The molecule has 14 nitrogen and oxygen atoms in total. The maximum absolute atomic E-state index is 12.7. The number of fused-ring (bicyclic) bond motifs is 1. The van der Waals surface area contributed by atoms with Gasteiger partial charge in [-0.25, -0.2) is 0 Å². The molecule has 0 aliphatic carbocycles. The molecular weight excluding hydrogens is 536 g/mol. The van der Waals surface area contributed by atoms with E-state index in [4.69, 9.17) is 18.9 Å². The summed E-state index contributed by atoms with van der Waals surface area (Å²) >= 11 is 0. The van der Waals surface area contributed by atoms with Gasteiger partial charge in [-0.05, 0) is 17.7 Å². The number of rotatable bonds is 5. The molecule has 0 amide bonds. The zero-order valence-corrected chi connectivity index (χ0v) is 20.8. The number of hydrogen-bond acceptors (Lipinski definition) is 14. The van der Waals surface area contributed by atoms with Crippen LogP contribution >= 0.6 is 0 Å². The number of carbonyl (C=O) groups excluding carboxylic acids is 1. The summed E-state index contributed by atoms with van der Waals surface area (Å²) in [5.74, 6) is -3.59. The SMILES string of the molecule is O=C1C[C@@H](c2ccc(O[C@@]3([C@H]4OC[C@H](O)[C@H](O)[C@@H]4O)O[C@@H](CO)[C@H](O)[C@H](O)[C@@H]3O)cc2)Oc2cc(O)cc(O)c21. The highest BCUT2D eigenvalue weighted by Crippen LogP contribution is 2.43. The van der Waals surface area contributed by atoms with Gasteiger partial charge in [-0.2, -0.15) is 0 Å². The quantitative estimate of drug-likeness (QED) is 0.187. The summed E-state index contributed by atoms with van der Waals surface area (Å²) in [5.41, 5.74) is 0.446. The second-order valence-corrected chi connectivity index (χ2v) is 10.0. The van der Waals surface area contributed by atoms with Crippen molar-refractivity contribution in [3.05, 3.63) is 47.5 Å². The molecule has 0 unspecified atom stereocenters. The molecule has 0 aromatic heterocycles. The highest BCUT2D eigenvalue weighted by atomic mass is 16.7. The predicted molar refractivity (Wildman–Crippen MR) is 130 cm³/mol. The Labute approximate surface area is 226 Å². The van der Waals surface area contributed by atoms with Crippen LogP contribution in [0.25, 0.3) is 0 Å². The van der Waals surface area contributed by atoms with Crippen molar-refractivity contribution in [2.75, 3.05) is 13.2 Å². The molecule has 5 rings (SSSR count). The minimum Gasteiger partial charge on any atom is -0.508 e. The van der Waals surface area contributed by atoms with E-state index in [-0.39, 0.29) is 29.2 Å². The first kappa shape index (κ1) is 28.5. The molecule has 0 saturated carbocycles. The van der Waals surface area contributed by atoms with Crippen molar-refractivity contribution in [2.24, 2.45) is 0 Å². The summed E-state index contributed by atoms with van der Waals surface area (Å²) in [4.78, 5) is 12.7. The average Bonchev–Trinajstić information content (AvgIpc) is 2.92. The Bertz CT molecular complexity index is 1230. The van der Waals surface area contributed by atoms with E-state index < -0.39 is 85.5 Å². The zero-order valence-electron chi connectivity index (χ0n) is 20.8.